The number of benzene rings is 1. The van der Waals surface area contributed by atoms with E-state index in [1.54, 1.807) is 14.2 Å². The quantitative estimate of drug-likeness (QED) is 0.700. The number of halogens is 1. The van der Waals surface area contributed by atoms with Crippen molar-refractivity contribution in [3.8, 4) is 11.5 Å². The molecule has 106 valence electrons. The van der Waals surface area contributed by atoms with Crippen LogP contribution in [0.3, 0.4) is 0 Å². The Morgan fingerprint density at radius 2 is 1.79 bits per heavy atom. The van der Waals surface area contributed by atoms with Crippen LogP contribution in [-0.4, -0.2) is 14.2 Å². The van der Waals surface area contributed by atoms with Gasteiger partial charge in [0.15, 0.2) is 11.5 Å². The molecule has 1 aromatic rings. The number of methoxy groups -OCH3 is 2. The van der Waals surface area contributed by atoms with Crippen molar-refractivity contribution in [3.05, 3.63) is 23.8 Å². The second kappa shape index (κ2) is 7.18. The van der Waals surface area contributed by atoms with Gasteiger partial charge in [0.25, 0.3) is 0 Å². The third-order valence-electron chi connectivity index (χ3n) is 4.03. The minimum Gasteiger partial charge on any atom is -0.493 e. The summed E-state index contributed by atoms with van der Waals surface area (Å²) in [5.41, 5.74) is 1.28. The molecule has 3 heteroatoms. The van der Waals surface area contributed by atoms with Crippen LogP contribution >= 0.6 is 15.9 Å². The minimum absolute atomic E-state index is 0.412. The van der Waals surface area contributed by atoms with Gasteiger partial charge in [0.05, 0.1) is 14.2 Å². The molecule has 1 saturated carbocycles. The van der Waals surface area contributed by atoms with Crippen LogP contribution in [0, 0.1) is 5.92 Å². The molecule has 0 amide bonds. The van der Waals surface area contributed by atoms with Crippen molar-refractivity contribution in [2.75, 3.05) is 14.2 Å². The van der Waals surface area contributed by atoms with Crippen LogP contribution in [0.25, 0.3) is 0 Å². The van der Waals surface area contributed by atoms with E-state index in [-0.39, 0.29) is 0 Å². The third-order valence-corrected chi connectivity index (χ3v) is 4.94. The van der Waals surface area contributed by atoms with Gasteiger partial charge in [-0.2, -0.15) is 0 Å². The lowest BCUT2D eigenvalue weighted by molar-refractivity contribution is 0.337. The van der Waals surface area contributed by atoms with E-state index in [2.05, 4.69) is 28.1 Å². The fourth-order valence-electron chi connectivity index (χ4n) is 2.90. The van der Waals surface area contributed by atoms with E-state index in [0.29, 0.717) is 4.83 Å². The molecular weight excluding hydrogens is 304 g/mol. The van der Waals surface area contributed by atoms with Crippen LogP contribution in [0.1, 0.15) is 48.9 Å². The fraction of sp³-hybridized carbons (Fsp3) is 0.625. The highest BCUT2D eigenvalue weighted by molar-refractivity contribution is 9.09. The van der Waals surface area contributed by atoms with Gasteiger partial charge in [-0.05, 0) is 30.0 Å². The number of alkyl halides is 1. The first kappa shape index (κ1) is 14.7. The maximum atomic E-state index is 5.37. The number of ether oxygens (including phenoxy) is 2. The molecule has 1 fully saturated rings. The number of hydrogen-bond donors (Lipinski definition) is 0. The standard InChI is InChI=1S/C16H23BrO2/c1-18-15-9-8-13(11-16(15)19-2)14(17)10-12-6-4-3-5-7-12/h8-9,11-12,14H,3-7,10H2,1-2H3. The fourth-order valence-corrected chi connectivity index (χ4v) is 3.71. The first-order chi connectivity index (χ1) is 9.24. The molecule has 19 heavy (non-hydrogen) atoms. The summed E-state index contributed by atoms with van der Waals surface area (Å²) in [7, 11) is 3.36. The summed E-state index contributed by atoms with van der Waals surface area (Å²) in [6, 6.07) is 6.20. The second-order valence-corrected chi connectivity index (χ2v) is 6.43. The molecule has 2 nitrogen and oxygen atoms in total. The van der Waals surface area contributed by atoms with Gasteiger partial charge in [-0.3, -0.25) is 0 Å². The second-order valence-electron chi connectivity index (χ2n) is 5.32. The predicted molar refractivity (Wildman–Crippen MR) is 82.4 cm³/mol. The highest BCUT2D eigenvalue weighted by Crippen LogP contribution is 2.39. The van der Waals surface area contributed by atoms with E-state index in [9.17, 15) is 0 Å². The predicted octanol–water partition coefficient (Wildman–Crippen LogP) is 5.11. The Labute approximate surface area is 124 Å². The third kappa shape index (κ3) is 3.88. The Bertz CT molecular complexity index is 400. The molecule has 1 aliphatic rings. The molecule has 0 aromatic heterocycles. The highest BCUT2D eigenvalue weighted by atomic mass is 79.9. The number of hydrogen-bond acceptors (Lipinski definition) is 2. The van der Waals surface area contributed by atoms with Crippen molar-refractivity contribution in [2.45, 2.75) is 43.4 Å². The minimum atomic E-state index is 0.412. The average Bonchev–Trinajstić information content (AvgIpc) is 2.47. The maximum Gasteiger partial charge on any atom is 0.161 e. The van der Waals surface area contributed by atoms with E-state index >= 15 is 0 Å². The number of rotatable bonds is 5. The van der Waals surface area contributed by atoms with Gasteiger partial charge in [0.1, 0.15) is 0 Å². The molecular formula is C16H23BrO2. The van der Waals surface area contributed by atoms with E-state index < -0.39 is 0 Å². The molecule has 1 aliphatic carbocycles. The zero-order chi connectivity index (χ0) is 13.7. The molecule has 2 rings (SSSR count). The Kier molecular flexibility index (Phi) is 5.56. The van der Waals surface area contributed by atoms with E-state index in [0.717, 1.165) is 17.4 Å². The SMILES string of the molecule is COc1ccc(C(Br)CC2CCCCC2)cc1OC. The molecule has 0 heterocycles. The van der Waals surface area contributed by atoms with Crippen molar-refractivity contribution < 1.29 is 9.47 Å². The van der Waals surface area contributed by atoms with Gasteiger partial charge in [-0.25, -0.2) is 0 Å². The Morgan fingerprint density at radius 1 is 1.11 bits per heavy atom. The smallest absolute Gasteiger partial charge is 0.161 e. The van der Waals surface area contributed by atoms with Crippen molar-refractivity contribution in [1.82, 2.24) is 0 Å². The molecule has 1 atom stereocenters. The summed E-state index contributed by atoms with van der Waals surface area (Å²) < 4.78 is 10.7. The molecule has 0 saturated heterocycles. The lowest BCUT2D eigenvalue weighted by Gasteiger charge is -2.24. The summed E-state index contributed by atoms with van der Waals surface area (Å²) in [4.78, 5) is 0.412. The van der Waals surface area contributed by atoms with Gasteiger partial charge in [-0.15, -0.1) is 0 Å². The van der Waals surface area contributed by atoms with Crippen LogP contribution in [0.5, 0.6) is 11.5 Å². The summed E-state index contributed by atoms with van der Waals surface area (Å²) in [5, 5.41) is 0. The van der Waals surface area contributed by atoms with Crippen molar-refractivity contribution in [2.24, 2.45) is 5.92 Å². The molecule has 1 unspecified atom stereocenters. The van der Waals surface area contributed by atoms with Crippen molar-refractivity contribution in [3.63, 3.8) is 0 Å². The molecule has 0 aliphatic heterocycles. The molecule has 0 spiro atoms. The van der Waals surface area contributed by atoms with Gasteiger partial charge in [-0.1, -0.05) is 54.1 Å². The zero-order valence-electron chi connectivity index (χ0n) is 11.8. The Balaban J connectivity index is 2.03. The van der Waals surface area contributed by atoms with E-state index in [1.165, 1.54) is 44.1 Å². The van der Waals surface area contributed by atoms with Gasteiger partial charge >= 0.3 is 0 Å². The molecule has 1 aromatic carbocycles. The zero-order valence-corrected chi connectivity index (χ0v) is 13.4. The van der Waals surface area contributed by atoms with Crippen molar-refractivity contribution >= 4 is 15.9 Å². The lowest BCUT2D eigenvalue weighted by atomic mass is 9.85. The van der Waals surface area contributed by atoms with Crippen molar-refractivity contribution in [1.29, 1.82) is 0 Å². The molecule has 0 N–H and O–H groups in total. The average molecular weight is 327 g/mol. The summed E-state index contributed by atoms with van der Waals surface area (Å²) >= 11 is 3.83. The van der Waals surface area contributed by atoms with E-state index in [1.807, 2.05) is 6.07 Å². The maximum absolute atomic E-state index is 5.37. The Hall–Kier alpha value is -0.700. The monoisotopic (exact) mass is 326 g/mol. The topological polar surface area (TPSA) is 18.5 Å². The highest BCUT2D eigenvalue weighted by Gasteiger charge is 2.19. The first-order valence-electron chi connectivity index (χ1n) is 7.10. The molecule has 0 radical (unpaired) electrons. The first-order valence-corrected chi connectivity index (χ1v) is 8.02. The van der Waals surface area contributed by atoms with E-state index in [4.69, 9.17) is 9.47 Å². The molecule has 0 bridgehead atoms. The van der Waals surface area contributed by atoms with Crippen LogP contribution in [0.4, 0.5) is 0 Å². The normalized spacial score (nSPS) is 18.1. The summed E-state index contributed by atoms with van der Waals surface area (Å²) in [6.45, 7) is 0. The van der Waals surface area contributed by atoms with Crippen LogP contribution in [-0.2, 0) is 0 Å². The largest absolute Gasteiger partial charge is 0.493 e. The lowest BCUT2D eigenvalue weighted by Crippen LogP contribution is -2.08. The summed E-state index contributed by atoms with van der Waals surface area (Å²) in [6.07, 6.45) is 8.20. The van der Waals surface area contributed by atoms with Crippen LogP contribution in [0.15, 0.2) is 18.2 Å². The van der Waals surface area contributed by atoms with Gasteiger partial charge in [0, 0.05) is 4.83 Å². The summed E-state index contributed by atoms with van der Waals surface area (Å²) in [5.74, 6) is 2.47. The van der Waals surface area contributed by atoms with Crippen LogP contribution in [0.2, 0.25) is 0 Å². The van der Waals surface area contributed by atoms with Gasteiger partial charge in [0.2, 0.25) is 0 Å². The van der Waals surface area contributed by atoms with Gasteiger partial charge < -0.3 is 9.47 Å². The van der Waals surface area contributed by atoms with Crippen LogP contribution < -0.4 is 9.47 Å². The Morgan fingerprint density at radius 3 is 2.42 bits per heavy atom.